The topological polar surface area (TPSA) is 101 Å². The van der Waals surface area contributed by atoms with Crippen LogP contribution in [-0.4, -0.2) is 41.9 Å². The highest BCUT2D eigenvalue weighted by molar-refractivity contribution is 7.89. The minimum Gasteiger partial charge on any atom is -0.478 e. The molecule has 0 saturated carbocycles. The van der Waals surface area contributed by atoms with E-state index >= 15 is 0 Å². The van der Waals surface area contributed by atoms with Crippen molar-refractivity contribution in [2.45, 2.75) is 18.7 Å². The highest BCUT2D eigenvalue weighted by Crippen LogP contribution is 2.31. The third-order valence-corrected chi connectivity index (χ3v) is 7.08. The van der Waals surface area contributed by atoms with Crippen LogP contribution in [0.3, 0.4) is 0 Å². The van der Waals surface area contributed by atoms with E-state index in [9.17, 15) is 18.3 Å². The number of carboxylic acids is 1. The molecule has 7 nitrogen and oxygen atoms in total. The van der Waals surface area contributed by atoms with Gasteiger partial charge in [-0.1, -0.05) is 32.0 Å². The number of fused-ring (bicyclic) bond motifs is 2. The molecule has 4 aromatic rings. The maximum Gasteiger partial charge on any atom is 0.336 e. The Labute approximate surface area is 173 Å². The van der Waals surface area contributed by atoms with Gasteiger partial charge in [-0.3, -0.25) is 0 Å². The van der Waals surface area contributed by atoms with Gasteiger partial charge in [0.25, 0.3) is 0 Å². The molecule has 0 unspecified atom stereocenters. The molecule has 0 saturated heterocycles. The minimum atomic E-state index is -3.72. The summed E-state index contributed by atoms with van der Waals surface area (Å²) in [6.07, 6.45) is 0. The summed E-state index contributed by atoms with van der Waals surface area (Å²) in [5, 5.41) is 10.9. The molecule has 2 aromatic heterocycles. The molecule has 0 fully saturated rings. The van der Waals surface area contributed by atoms with Crippen LogP contribution in [0.4, 0.5) is 0 Å². The summed E-state index contributed by atoms with van der Waals surface area (Å²) in [6.45, 7) is 4.16. The van der Waals surface area contributed by atoms with Crippen molar-refractivity contribution in [3.05, 3.63) is 60.2 Å². The average molecular weight is 424 g/mol. The van der Waals surface area contributed by atoms with Gasteiger partial charge >= 0.3 is 5.97 Å². The zero-order valence-electron chi connectivity index (χ0n) is 16.5. The fourth-order valence-electron chi connectivity index (χ4n) is 3.49. The Bertz CT molecular complexity index is 1340. The number of furan rings is 1. The van der Waals surface area contributed by atoms with Crippen LogP contribution in [0.1, 0.15) is 24.2 Å². The van der Waals surface area contributed by atoms with Crippen LogP contribution in [0.5, 0.6) is 0 Å². The Hall–Kier alpha value is -3.23. The molecule has 0 atom stereocenters. The molecule has 4 rings (SSSR count). The lowest BCUT2D eigenvalue weighted by Crippen LogP contribution is -2.30. The molecule has 0 bridgehead atoms. The molecule has 0 spiro atoms. The zero-order valence-corrected chi connectivity index (χ0v) is 17.3. The first kappa shape index (κ1) is 20.1. The first-order chi connectivity index (χ1) is 14.3. The quantitative estimate of drug-likeness (QED) is 0.493. The summed E-state index contributed by atoms with van der Waals surface area (Å²) in [7, 11) is -3.72. The summed E-state index contributed by atoms with van der Waals surface area (Å²) in [4.78, 5) is 16.5. The van der Waals surface area contributed by atoms with Gasteiger partial charge in [-0.25, -0.2) is 18.2 Å². The highest BCUT2D eigenvalue weighted by Gasteiger charge is 2.23. The van der Waals surface area contributed by atoms with Gasteiger partial charge in [-0.15, -0.1) is 0 Å². The number of carboxylic acid groups (broad SMARTS) is 1. The van der Waals surface area contributed by atoms with Gasteiger partial charge in [-0.2, -0.15) is 4.31 Å². The second-order valence-corrected chi connectivity index (χ2v) is 8.71. The fraction of sp³-hybridized carbons (Fsp3) is 0.182. The van der Waals surface area contributed by atoms with Crippen molar-refractivity contribution < 1.29 is 22.7 Å². The lowest BCUT2D eigenvalue weighted by molar-refractivity contribution is 0.0699. The molecule has 1 N–H and O–H groups in total. The lowest BCUT2D eigenvalue weighted by Gasteiger charge is -2.18. The van der Waals surface area contributed by atoms with E-state index in [1.807, 2.05) is 24.3 Å². The Morgan fingerprint density at radius 1 is 1.07 bits per heavy atom. The molecule has 0 aliphatic heterocycles. The first-order valence-corrected chi connectivity index (χ1v) is 11.0. The lowest BCUT2D eigenvalue weighted by atomic mass is 10.1. The summed E-state index contributed by atoms with van der Waals surface area (Å²) in [5.74, 6) is -0.724. The average Bonchev–Trinajstić information content (AvgIpc) is 3.17. The summed E-state index contributed by atoms with van der Waals surface area (Å²) in [5.41, 5.74) is 1.39. The number of rotatable bonds is 6. The number of hydrogen-bond donors (Lipinski definition) is 1. The maximum absolute atomic E-state index is 12.9. The van der Waals surface area contributed by atoms with Crippen LogP contribution in [0.2, 0.25) is 0 Å². The number of benzene rings is 2. The van der Waals surface area contributed by atoms with Gasteiger partial charge in [0.05, 0.1) is 16.0 Å². The fourth-order valence-corrected chi connectivity index (χ4v) is 4.97. The van der Waals surface area contributed by atoms with Crippen LogP contribution >= 0.6 is 0 Å². The molecular weight excluding hydrogens is 404 g/mol. The summed E-state index contributed by atoms with van der Waals surface area (Å²) < 4.78 is 32.8. The predicted molar refractivity (Wildman–Crippen MR) is 114 cm³/mol. The number of sulfonamides is 1. The molecule has 30 heavy (non-hydrogen) atoms. The van der Waals surface area contributed by atoms with Crippen molar-refractivity contribution in [1.82, 2.24) is 9.29 Å². The minimum absolute atomic E-state index is 0.0351. The highest BCUT2D eigenvalue weighted by atomic mass is 32.2. The molecule has 0 radical (unpaired) electrons. The number of hydrogen-bond acceptors (Lipinski definition) is 5. The van der Waals surface area contributed by atoms with Gasteiger partial charge in [0.2, 0.25) is 10.0 Å². The van der Waals surface area contributed by atoms with Crippen LogP contribution in [0.25, 0.3) is 33.3 Å². The predicted octanol–water partition coefficient (Wildman–Crippen LogP) is 4.38. The second kappa shape index (κ2) is 7.55. The van der Waals surface area contributed by atoms with E-state index in [0.717, 1.165) is 5.39 Å². The van der Waals surface area contributed by atoms with Gasteiger partial charge in [0.1, 0.15) is 11.3 Å². The third kappa shape index (κ3) is 3.34. The molecule has 0 aliphatic carbocycles. The number of para-hydroxylation sites is 1. The molecule has 2 aromatic carbocycles. The van der Waals surface area contributed by atoms with E-state index < -0.39 is 16.0 Å². The van der Waals surface area contributed by atoms with Gasteiger partial charge in [-0.05, 0) is 36.4 Å². The molecule has 0 aliphatic rings. The number of carbonyl (C=O) groups is 1. The summed E-state index contributed by atoms with van der Waals surface area (Å²) in [6, 6.07) is 15.0. The second-order valence-electron chi connectivity index (χ2n) is 6.78. The van der Waals surface area contributed by atoms with E-state index in [-0.39, 0.29) is 15.8 Å². The van der Waals surface area contributed by atoms with Gasteiger partial charge < -0.3 is 9.52 Å². The van der Waals surface area contributed by atoms with Crippen molar-refractivity contribution in [2.24, 2.45) is 0 Å². The van der Waals surface area contributed by atoms with E-state index in [1.54, 1.807) is 19.9 Å². The summed E-state index contributed by atoms with van der Waals surface area (Å²) >= 11 is 0. The number of pyridine rings is 1. The zero-order chi connectivity index (χ0) is 21.5. The van der Waals surface area contributed by atoms with E-state index in [1.165, 1.54) is 28.6 Å². The monoisotopic (exact) mass is 424 g/mol. The molecule has 2 heterocycles. The number of nitrogens with zero attached hydrogens (tertiary/aromatic N) is 2. The maximum atomic E-state index is 12.9. The Morgan fingerprint density at radius 2 is 1.80 bits per heavy atom. The van der Waals surface area contributed by atoms with Crippen molar-refractivity contribution in [3.63, 3.8) is 0 Å². The van der Waals surface area contributed by atoms with Crippen LogP contribution in [0, 0.1) is 0 Å². The smallest absolute Gasteiger partial charge is 0.336 e. The van der Waals surface area contributed by atoms with Crippen LogP contribution in [0.15, 0.2) is 63.9 Å². The SMILES string of the molecule is CCN(CC)S(=O)(=O)c1ccc2nc(-c3cc4ccccc4o3)cc(C(=O)O)c2c1. The molecule has 154 valence electrons. The van der Waals surface area contributed by atoms with Crippen molar-refractivity contribution in [2.75, 3.05) is 13.1 Å². The van der Waals surface area contributed by atoms with Crippen LogP contribution < -0.4 is 0 Å². The largest absolute Gasteiger partial charge is 0.478 e. The van der Waals surface area contributed by atoms with Crippen molar-refractivity contribution in [1.29, 1.82) is 0 Å². The number of aromatic nitrogens is 1. The van der Waals surface area contributed by atoms with Crippen molar-refractivity contribution in [3.8, 4) is 11.5 Å². The third-order valence-electron chi connectivity index (χ3n) is 5.03. The molecule has 0 amide bonds. The Kier molecular flexibility index (Phi) is 5.05. The van der Waals surface area contributed by atoms with E-state index in [2.05, 4.69) is 4.98 Å². The van der Waals surface area contributed by atoms with Gasteiger partial charge in [0.15, 0.2) is 5.76 Å². The van der Waals surface area contributed by atoms with E-state index in [4.69, 9.17) is 4.42 Å². The Balaban J connectivity index is 1.91. The molecular formula is C22H20N2O5S. The standard InChI is InChI=1S/C22H20N2O5S/c1-3-24(4-2)30(27,28)15-9-10-18-16(12-15)17(22(25)26)13-19(23-18)21-11-14-7-5-6-8-20(14)29-21/h5-13H,3-4H2,1-2H3,(H,25,26). The normalized spacial score (nSPS) is 12.1. The van der Waals surface area contributed by atoms with E-state index in [0.29, 0.717) is 35.6 Å². The number of aromatic carboxylic acids is 1. The Morgan fingerprint density at radius 3 is 2.47 bits per heavy atom. The van der Waals surface area contributed by atoms with Crippen molar-refractivity contribution >= 4 is 37.9 Å². The first-order valence-electron chi connectivity index (χ1n) is 9.52. The van der Waals surface area contributed by atoms with Gasteiger partial charge in [0, 0.05) is 23.9 Å². The van der Waals surface area contributed by atoms with Crippen LogP contribution in [-0.2, 0) is 10.0 Å². The molecule has 8 heteroatoms.